The quantitative estimate of drug-likeness (QED) is 0.275. The number of hydrogen-bond acceptors (Lipinski definition) is 3. The van der Waals surface area contributed by atoms with Crippen LogP contribution >= 0.6 is 0 Å². The number of carboxylic acid groups (broad SMARTS) is 1. The zero-order valence-electron chi connectivity index (χ0n) is 21.0. The van der Waals surface area contributed by atoms with Gasteiger partial charge in [0, 0.05) is 17.5 Å². The molecule has 10 heteroatoms. The maximum atomic E-state index is 14.9. The van der Waals surface area contributed by atoms with Gasteiger partial charge < -0.3 is 5.11 Å². The van der Waals surface area contributed by atoms with Gasteiger partial charge in [0.1, 0.15) is 5.82 Å². The van der Waals surface area contributed by atoms with Crippen LogP contribution in [0.3, 0.4) is 0 Å². The smallest absolute Gasteiger partial charge is 0.416 e. The molecule has 0 aliphatic carbocycles. The van der Waals surface area contributed by atoms with E-state index in [-0.39, 0.29) is 50.0 Å². The van der Waals surface area contributed by atoms with E-state index in [1.54, 1.807) is 12.1 Å². The van der Waals surface area contributed by atoms with Crippen molar-refractivity contribution in [3.8, 4) is 0 Å². The molecule has 0 spiro atoms. The largest absolute Gasteiger partial charge is 0.478 e. The van der Waals surface area contributed by atoms with Crippen LogP contribution in [-0.2, 0) is 28.0 Å². The van der Waals surface area contributed by atoms with Gasteiger partial charge in [0.15, 0.2) is 0 Å². The molecule has 0 amide bonds. The molecule has 0 saturated heterocycles. The molecule has 0 unspecified atom stereocenters. The summed E-state index contributed by atoms with van der Waals surface area (Å²) in [5, 5.41) is 9.29. The minimum atomic E-state index is -4.65. The summed E-state index contributed by atoms with van der Waals surface area (Å²) in [6.45, 7) is 7.23. The molecule has 200 valence electrons. The Bertz CT molecular complexity index is 1680. The Morgan fingerprint density at radius 1 is 0.947 bits per heavy atom. The molecule has 0 atom stereocenters. The molecule has 4 rings (SSSR count). The van der Waals surface area contributed by atoms with E-state index >= 15 is 0 Å². The van der Waals surface area contributed by atoms with Crippen LogP contribution in [0.25, 0.3) is 10.9 Å². The molecule has 38 heavy (non-hydrogen) atoms. The number of benzene rings is 3. The number of rotatable bonds is 5. The first-order valence-corrected chi connectivity index (χ1v) is 13.0. The fraction of sp³-hybridized carbons (Fsp3) is 0.250. The molecule has 0 aliphatic heterocycles. The molecule has 1 aromatic heterocycles. The topological polar surface area (TPSA) is 76.4 Å². The molecule has 5 nitrogen and oxygen atoms in total. The third kappa shape index (κ3) is 5.05. The van der Waals surface area contributed by atoms with Crippen LogP contribution in [0.15, 0.2) is 65.6 Å². The molecule has 0 bridgehead atoms. The van der Waals surface area contributed by atoms with Crippen molar-refractivity contribution >= 4 is 26.9 Å². The summed E-state index contributed by atoms with van der Waals surface area (Å²) in [6.07, 6.45) is -4.95. The molecular formula is C28H25F4NO4S. The summed E-state index contributed by atoms with van der Waals surface area (Å²) in [5.74, 6) is -2.18. The van der Waals surface area contributed by atoms with Crippen molar-refractivity contribution in [1.29, 1.82) is 0 Å². The van der Waals surface area contributed by atoms with E-state index in [9.17, 15) is 35.9 Å². The van der Waals surface area contributed by atoms with E-state index in [0.717, 1.165) is 33.8 Å². The molecule has 0 fully saturated rings. The predicted molar refractivity (Wildman–Crippen MR) is 136 cm³/mol. The Kier molecular flexibility index (Phi) is 6.68. The van der Waals surface area contributed by atoms with E-state index in [1.807, 2.05) is 20.8 Å². The van der Waals surface area contributed by atoms with Gasteiger partial charge >= 0.3 is 12.1 Å². The molecule has 3 aromatic carbocycles. The highest BCUT2D eigenvalue weighted by Gasteiger charge is 2.32. The Labute approximate surface area is 217 Å². The summed E-state index contributed by atoms with van der Waals surface area (Å²) in [6, 6.07) is 12.5. The number of carboxylic acids is 1. The fourth-order valence-electron chi connectivity index (χ4n) is 4.36. The minimum Gasteiger partial charge on any atom is -0.478 e. The minimum absolute atomic E-state index is 0.00578. The maximum Gasteiger partial charge on any atom is 0.416 e. The molecule has 0 aliphatic rings. The van der Waals surface area contributed by atoms with Crippen LogP contribution in [0.5, 0.6) is 0 Å². The number of carbonyl (C=O) groups is 1. The Morgan fingerprint density at radius 2 is 1.63 bits per heavy atom. The lowest BCUT2D eigenvalue weighted by atomic mass is 9.87. The zero-order chi connectivity index (χ0) is 28.2. The van der Waals surface area contributed by atoms with E-state index in [0.29, 0.717) is 0 Å². The lowest BCUT2D eigenvalue weighted by molar-refractivity contribution is -0.137. The first-order valence-electron chi connectivity index (χ1n) is 11.6. The fourth-order valence-corrected chi connectivity index (χ4v) is 5.95. The third-order valence-corrected chi connectivity index (χ3v) is 8.15. The van der Waals surface area contributed by atoms with E-state index in [4.69, 9.17) is 0 Å². The van der Waals surface area contributed by atoms with Gasteiger partial charge in [0.25, 0.3) is 10.0 Å². The second-order valence-corrected chi connectivity index (χ2v) is 12.0. The summed E-state index contributed by atoms with van der Waals surface area (Å²) in [5.41, 5.74) is -0.525. The number of halogens is 4. The second kappa shape index (κ2) is 9.27. The van der Waals surface area contributed by atoms with Gasteiger partial charge in [0.05, 0.1) is 21.5 Å². The SMILES string of the molecule is Cc1cc(Cc2cc3cc(C(F)(F)F)ccc3n2S(=O)(=O)c2cccc(C(C)(C)C)c2)c(F)cc1C(=O)O. The van der Waals surface area contributed by atoms with Gasteiger partial charge in [-0.1, -0.05) is 39.0 Å². The van der Waals surface area contributed by atoms with Crippen LogP contribution in [0.1, 0.15) is 59.1 Å². The first-order chi connectivity index (χ1) is 17.5. The number of fused-ring (bicyclic) bond motifs is 1. The number of aromatic nitrogens is 1. The number of nitrogens with zero attached hydrogens (tertiary/aromatic N) is 1. The van der Waals surface area contributed by atoms with Crippen LogP contribution in [0.4, 0.5) is 17.6 Å². The molecule has 1 heterocycles. The van der Waals surface area contributed by atoms with Gasteiger partial charge in [-0.3, -0.25) is 0 Å². The molecule has 0 radical (unpaired) electrons. The highest BCUT2D eigenvalue weighted by Crippen LogP contribution is 2.35. The molecular weight excluding hydrogens is 522 g/mol. The molecule has 4 aromatic rings. The van der Waals surface area contributed by atoms with Crippen molar-refractivity contribution < 1.29 is 35.9 Å². The van der Waals surface area contributed by atoms with Crippen LogP contribution in [0.2, 0.25) is 0 Å². The van der Waals surface area contributed by atoms with Crippen molar-refractivity contribution in [2.24, 2.45) is 0 Å². The number of alkyl halides is 3. The summed E-state index contributed by atoms with van der Waals surface area (Å²) in [7, 11) is -4.33. The highest BCUT2D eigenvalue weighted by atomic mass is 32.2. The summed E-state index contributed by atoms with van der Waals surface area (Å²) in [4.78, 5) is 11.3. The van der Waals surface area contributed by atoms with Gasteiger partial charge in [-0.2, -0.15) is 13.2 Å². The molecule has 1 N–H and O–H groups in total. The van der Waals surface area contributed by atoms with E-state index in [1.165, 1.54) is 31.2 Å². The summed E-state index contributed by atoms with van der Waals surface area (Å²) < 4.78 is 84.0. The lowest BCUT2D eigenvalue weighted by Gasteiger charge is -2.20. The Hall–Kier alpha value is -3.66. The van der Waals surface area contributed by atoms with Crippen molar-refractivity contribution in [2.45, 2.75) is 50.6 Å². The summed E-state index contributed by atoms with van der Waals surface area (Å²) >= 11 is 0. The average molecular weight is 548 g/mol. The normalized spacial score (nSPS) is 12.7. The lowest BCUT2D eigenvalue weighted by Crippen LogP contribution is -2.18. The Balaban J connectivity index is 1.96. The number of aromatic carboxylic acids is 1. The Morgan fingerprint density at radius 3 is 2.24 bits per heavy atom. The predicted octanol–water partition coefficient (Wildman–Crippen LogP) is 6.93. The third-order valence-electron chi connectivity index (χ3n) is 6.39. The van der Waals surface area contributed by atoms with Crippen molar-refractivity contribution in [2.75, 3.05) is 0 Å². The maximum absolute atomic E-state index is 14.9. The molecule has 0 saturated carbocycles. The van der Waals surface area contributed by atoms with Gasteiger partial charge in [-0.15, -0.1) is 0 Å². The first kappa shape index (κ1) is 27.4. The van der Waals surface area contributed by atoms with Crippen LogP contribution < -0.4 is 0 Å². The highest BCUT2D eigenvalue weighted by molar-refractivity contribution is 7.90. The van der Waals surface area contributed by atoms with E-state index < -0.39 is 33.5 Å². The van der Waals surface area contributed by atoms with Crippen molar-refractivity contribution in [3.05, 3.63) is 100.0 Å². The van der Waals surface area contributed by atoms with Crippen molar-refractivity contribution in [3.63, 3.8) is 0 Å². The number of aryl methyl sites for hydroxylation is 1. The second-order valence-electron chi connectivity index (χ2n) is 10.2. The average Bonchev–Trinajstić information content (AvgIpc) is 3.18. The van der Waals surface area contributed by atoms with Gasteiger partial charge in [0.2, 0.25) is 0 Å². The number of hydrogen-bond donors (Lipinski definition) is 1. The van der Waals surface area contributed by atoms with Crippen LogP contribution in [-0.4, -0.2) is 23.5 Å². The van der Waals surface area contributed by atoms with E-state index in [2.05, 4.69) is 0 Å². The van der Waals surface area contributed by atoms with Gasteiger partial charge in [-0.25, -0.2) is 21.6 Å². The van der Waals surface area contributed by atoms with Gasteiger partial charge in [-0.05, 0) is 71.5 Å². The monoisotopic (exact) mass is 547 g/mol. The zero-order valence-corrected chi connectivity index (χ0v) is 21.8. The standard InChI is InChI=1S/C28H25F4NO4S/c1-16-10-17(24(29)15-23(16)26(34)35)12-21-13-18-11-20(28(30,31)32)8-9-25(18)33(21)38(36,37)22-7-5-6-19(14-22)27(2,3)4/h5-11,13-15H,12H2,1-4H3,(H,34,35). The van der Waals surface area contributed by atoms with Crippen molar-refractivity contribution in [1.82, 2.24) is 3.97 Å². The van der Waals surface area contributed by atoms with Crippen LogP contribution in [0, 0.1) is 12.7 Å².